The molecule has 0 radical (unpaired) electrons. The molecule has 1 saturated carbocycles. The smallest absolute Gasteiger partial charge is 0.260 e. The Labute approximate surface area is 125 Å². The van der Waals surface area contributed by atoms with Crippen molar-refractivity contribution >= 4 is 5.91 Å². The zero-order valence-corrected chi connectivity index (χ0v) is 12.3. The number of ether oxygens (including phenoxy) is 1. The van der Waals surface area contributed by atoms with E-state index in [1.54, 1.807) is 18.2 Å². The molecule has 1 aliphatic heterocycles. The summed E-state index contributed by atoms with van der Waals surface area (Å²) < 4.78 is 18.9. The lowest BCUT2D eigenvalue weighted by Gasteiger charge is -2.44. The van der Waals surface area contributed by atoms with Gasteiger partial charge in [0.15, 0.2) is 18.2 Å². The van der Waals surface area contributed by atoms with Crippen LogP contribution in [0.5, 0.6) is 5.75 Å². The lowest BCUT2D eigenvalue weighted by atomic mass is 9.78. The Bertz CT molecular complexity index is 503. The first-order chi connectivity index (χ1) is 10.3. The van der Waals surface area contributed by atoms with Gasteiger partial charge in [-0.15, -0.1) is 0 Å². The molecule has 2 unspecified atom stereocenters. The number of para-hydroxylation sites is 1. The molecular formula is C17H22FNO2. The van der Waals surface area contributed by atoms with Crippen LogP contribution < -0.4 is 4.74 Å². The van der Waals surface area contributed by atoms with Crippen LogP contribution in [0.2, 0.25) is 0 Å². The summed E-state index contributed by atoms with van der Waals surface area (Å²) in [5.41, 5.74) is 0. The van der Waals surface area contributed by atoms with Crippen molar-refractivity contribution in [2.24, 2.45) is 5.92 Å². The van der Waals surface area contributed by atoms with Gasteiger partial charge in [-0.1, -0.05) is 25.0 Å². The van der Waals surface area contributed by atoms with E-state index in [4.69, 9.17) is 4.74 Å². The molecule has 1 aromatic rings. The third-order valence-electron chi connectivity index (χ3n) is 4.75. The minimum Gasteiger partial charge on any atom is -0.481 e. The van der Waals surface area contributed by atoms with E-state index in [1.165, 1.54) is 31.7 Å². The fourth-order valence-electron chi connectivity index (χ4n) is 3.72. The quantitative estimate of drug-likeness (QED) is 0.854. The highest BCUT2D eigenvalue weighted by atomic mass is 19.1. The second-order valence-electron chi connectivity index (χ2n) is 6.06. The standard InChI is InChI=1S/C17H22FNO2/c18-14-8-2-4-10-16(14)21-12-17(20)19-11-5-7-13-6-1-3-9-15(13)19/h2,4,8,10,13,15H,1,3,5-7,9,11-12H2. The van der Waals surface area contributed by atoms with Gasteiger partial charge in [0.2, 0.25) is 0 Å². The number of halogens is 1. The van der Waals surface area contributed by atoms with Crippen molar-refractivity contribution in [1.29, 1.82) is 0 Å². The Balaban J connectivity index is 1.60. The van der Waals surface area contributed by atoms with Crippen molar-refractivity contribution in [3.8, 4) is 5.75 Å². The van der Waals surface area contributed by atoms with Crippen LogP contribution in [-0.2, 0) is 4.79 Å². The van der Waals surface area contributed by atoms with E-state index in [2.05, 4.69) is 0 Å². The molecule has 0 aromatic heterocycles. The largest absolute Gasteiger partial charge is 0.481 e. The number of likely N-dealkylation sites (tertiary alicyclic amines) is 1. The van der Waals surface area contributed by atoms with E-state index >= 15 is 0 Å². The van der Waals surface area contributed by atoms with Gasteiger partial charge in [0, 0.05) is 12.6 Å². The van der Waals surface area contributed by atoms with E-state index in [9.17, 15) is 9.18 Å². The molecule has 114 valence electrons. The summed E-state index contributed by atoms with van der Waals surface area (Å²) in [7, 11) is 0. The molecule has 0 spiro atoms. The number of rotatable bonds is 3. The number of hydrogen-bond donors (Lipinski definition) is 0. The lowest BCUT2D eigenvalue weighted by molar-refractivity contribution is -0.139. The number of hydrogen-bond acceptors (Lipinski definition) is 2. The van der Waals surface area contributed by atoms with Crippen LogP contribution in [0.25, 0.3) is 0 Å². The first-order valence-corrected chi connectivity index (χ1v) is 7.92. The number of amides is 1. The molecule has 1 amide bonds. The minimum absolute atomic E-state index is 0.00477. The predicted molar refractivity (Wildman–Crippen MR) is 78.6 cm³/mol. The Morgan fingerprint density at radius 3 is 2.81 bits per heavy atom. The minimum atomic E-state index is -0.417. The Morgan fingerprint density at radius 2 is 1.95 bits per heavy atom. The van der Waals surface area contributed by atoms with E-state index in [-0.39, 0.29) is 18.3 Å². The second-order valence-corrected chi connectivity index (χ2v) is 6.06. The van der Waals surface area contributed by atoms with E-state index in [0.717, 1.165) is 19.4 Å². The number of benzene rings is 1. The Kier molecular flexibility index (Phi) is 4.42. The normalized spacial score (nSPS) is 25.3. The van der Waals surface area contributed by atoms with Crippen molar-refractivity contribution < 1.29 is 13.9 Å². The fraction of sp³-hybridized carbons (Fsp3) is 0.588. The summed E-state index contributed by atoms with van der Waals surface area (Å²) in [5.74, 6) is 0.391. The van der Waals surface area contributed by atoms with E-state index < -0.39 is 5.82 Å². The van der Waals surface area contributed by atoms with Crippen LogP contribution >= 0.6 is 0 Å². The highest BCUT2D eigenvalue weighted by Gasteiger charge is 2.35. The van der Waals surface area contributed by atoms with Gasteiger partial charge in [-0.25, -0.2) is 4.39 Å². The molecule has 21 heavy (non-hydrogen) atoms. The molecule has 1 heterocycles. The number of piperidine rings is 1. The van der Waals surface area contributed by atoms with E-state index in [1.807, 2.05) is 4.90 Å². The van der Waals surface area contributed by atoms with Crippen LogP contribution in [-0.4, -0.2) is 30.0 Å². The molecule has 3 nitrogen and oxygen atoms in total. The van der Waals surface area contributed by atoms with Crippen molar-refractivity contribution in [3.63, 3.8) is 0 Å². The Hall–Kier alpha value is -1.58. The highest BCUT2D eigenvalue weighted by Crippen LogP contribution is 2.35. The molecule has 1 saturated heterocycles. The maximum atomic E-state index is 13.5. The van der Waals surface area contributed by atoms with Gasteiger partial charge in [0.25, 0.3) is 5.91 Å². The highest BCUT2D eigenvalue weighted by molar-refractivity contribution is 5.78. The molecule has 1 aliphatic carbocycles. The van der Waals surface area contributed by atoms with Crippen molar-refractivity contribution in [1.82, 2.24) is 4.90 Å². The number of fused-ring (bicyclic) bond motifs is 1. The molecule has 3 rings (SSSR count). The third kappa shape index (κ3) is 3.20. The van der Waals surface area contributed by atoms with Crippen molar-refractivity contribution in [3.05, 3.63) is 30.1 Å². The summed E-state index contributed by atoms with van der Waals surface area (Å²) in [6, 6.07) is 6.60. The fourth-order valence-corrected chi connectivity index (χ4v) is 3.72. The summed E-state index contributed by atoms with van der Waals surface area (Å²) in [5, 5.41) is 0. The Morgan fingerprint density at radius 1 is 1.19 bits per heavy atom. The molecule has 0 bridgehead atoms. The summed E-state index contributed by atoms with van der Waals surface area (Å²) in [4.78, 5) is 14.4. The van der Waals surface area contributed by atoms with Gasteiger partial charge >= 0.3 is 0 Å². The lowest BCUT2D eigenvalue weighted by Crippen LogP contribution is -2.51. The maximum absolute atomic E-state index is 13.5. The zero-order chi connectivity index (χ0) is 14.7. The average molecular weight is 291 g/mol. The molecule has 2 atom stereocenters. The SMILES string of the molecule is O=C(COc1ccccc1F)N1CCCC2CCCCC21. The molecule has 2 fully saturated rings. The zero-order valence-electron chi connectivity index (χ0n) is 12.3. The number of nitrogens with zero attached hydrogens (tertiary/aromatic N) is 1. The second kappa shape index (κ2) is 6.46. The topological polar surface area (TPSA) is 29.5 Å². The van der Waals surface area contributed by atoms with Gasteiger partial charge in [0.1, 0.15) is 0 Å². The van der Waals surface area contributed by atoms with Crippen molar-refractivity contribution in [2.45, 2.75) is 44.6 Å². The van der Waals surface area contributed by atoms with Gasteiger partial charge in [-0.3, -0.25) is 4.79 Å². The summed E-state index contributed by atoms with van der Waals surface area (Å²) >= 11 is 0. The maximum Gasteiger partial charge on any atom is 0.260 e. The van der Waals surface area contributed by atoms with Gasteiger partial charge in [-0.05, 0) is 43.7 Å². The molecule has 4 heteroatoms. The first kappa shape index (κ1) is 14.4. The molecule has 2 aliphatic rings. The summed E-state index contributed by atoms with van der Waals surface area (Å²) in [6.07, 6.45) is 7.15. The predicted octanol–water partition coefficient (Wildman–Crippen LogP) is 3.39. The van der Waals surface area contributed by atoms with Gasteiger partial charge < -0.3 is 9.64 Å². The average Bonchev–Trinajstić information content (AvgIpc) is 2.53. The number of carbonyl (C=O) groups is 1. The molecule has 1 aromatic carbocycles. The third-order valence-corrected chi connectivity index (χ3v) is 4.75. The van der Waals surface area contributed by atoms with Crippen LogP contribution in [0.1, 0.15) is 38.5 Å². The van der Waals surface area contributed by atoms with Crippen LogP contribution in [0, 0.1) is 11.7 Å². The van der Waals surface area contributed by atoms with Crippen LogP contribution in [0.4, 0.5) is 4.39 Å². The van der Waals surface area contributed by atoms with Crippen LogP contribution in [0.3, 0.4) is 0 Å². The van der Waals surface area contributed by atoms with Crippen LogP contribution in [0.15, 0.2) is 24.3 Å². The van der Waals surface area contributed by atoms with Gasteiger partial charge in [-0.2, -0.15) is 0 Å². The summed E-state index contributed by atoms with van der Waals surface area (Å²) in [6.45, 7) is 0.755. The first-order valence-electron chi connectivity index (χ1n) is 7.92. The molecule has 0 N–H and O–H groups in total. The van der Waals surface area contributed by atoms with E-state index in [0.29, 0.717) is 12.0 Å². The molecular weight excluding hydrogens is 269 g/mol. The van der Waals surface area contributed by atoms with Crippen molar-refractivity contribution in [2.75, 3.05) is 13.2 Å². The van der Waals surface area contributed by atoms with Gasteiger partial charge in [0.05, 0.1) is 0 Å². The number of carbonyl (C=O) groups excluding carboxylic acids is 1. The monoisotopic (exact) mass is 291 g/mol.